The molecule has 0 saturated carbocycles. The predicted molar refractivity (Wildman–Crippen MR) is 129 cm³/mol. The van der Waals surface area contributed by atoms with Gasteiger partial charge in [0.15, 0.2) is 0 Å². The van der Waals surface area contributed by atoms with Crippen molar-refractivity contribution in [1.82, 2.24) is 4.90 Å². The van der Waals surface area contributed by atoms with Crippen LogP contribution in [0.4, 0.5) is 0 Å². The van der Waals surface area contributed by atoms with Crippen LogP contribution in [0.25, 0.3) is 0 Å². The maximum Gasteiger partial charge on any atom is 0.255 e. The summed E-state index contributed by atoms with van der Waals surface area (Å²) in [6.07, 6.45) is 0. The number of carbonyl (C=O) groups excluding carboxylic acids is 1. The van der Waals surface area contributed by atoms with Gasteiger partial charge in [-0.2, -0.15) is 0 Å². The predicted octanol–water partition coefficient (Wildman–Crippen LogP) is 6.55. The molecule has 0 radical (unpaired) electrons. The van der Waals surface area contributed by atoms with Crippen LogP contribution in [0.3, 0.4) is 0 Å². The molecule has 31 heavy (non-hydrogen) atoms. The molecule has 0 aromatic heterocycles. The monoisotopic (exact) mass is 421 g/mol. The summed E-state index contributed by atoms with van der Waals surface area (Å²) in [4.78, 5) is 14.6. The minimum absolute atomic E-state index is 0.0586. The van der Waals surface area contributed by atoms with Crippen molar-refractivity contribution in [3.63, 3.8) is 0 Å². The Morgan fingerprint density at radius 3 is 1.45 bits per heavy atom. The van der Waals surface area contributed by atoms with Crippen molar-refractivity contribution in [2.75, 3.05) is 7.05 Å². The summed E-state index contributed by atoms with van der Waals surface area (Å²) in [7, 11) is 1.78. The van der Waals surface area contributed by atoms with E-state index in [-0.39, 0.29) is 17.4 Å². The highest BCUT2D eigenvalue weighted by atomic mass is 16.3. The van der Waals surface area contributed by atoms with E-state index in [0.29, 0.717) is 5.56 Å². The molecule has 3 aromatic rings. The molecule has 4 rings (SSSR count). The lowest BCUT2D eigenvalue weighted by molar-refractivity contribution is 0.0736. The molecule has 166 valence electrons. The van der Waals surface area contributed by atoms with Gasteiger partial charge in [0.25, 0.3) is 5.91 Å². The Hall–Kier alpha value is -3.27. The molecule has 4 nitrogen and oxygen atoms in total. The summed E-state index contributed by atoms with van der Waals surface area (Å²) in [5.41, 5.74) is 2.48. The lowest BCUT2D eigenvalue weighted by Gasteiger charge is -2.38. The van der Waals surface area contributed by atoms with Gasteiger partial charge in [-0.3, -0.25) is 4.79 Å². The number of carbonyl (C=O) groups is 1. The summed E-state index contributed by atoms with van der Waals surface area (Å²) >= 11 is 0. The maximum atomic E-state index is 12.9. The SMILES string of the molecule is CC.CC.CC.CN1C(=O)c2ccccc2C1(c1ccc(O)cc1)c1ccc(O)cc1. The van der Waals surface area contributed by atoms with Crippen molar-refractivity contribution in [2.45, 2.75) is 47.1 Å². The summed E-state index contributed by atoms with van der Waals surface area (Å²) in [5.74, 6) is 0.284. The molecule has 1 amide bonds. The van der Waals surface area contributed by atoms with Crippen LogP contribution in [-0.2, 0) is 5.54 Å². The van der Waals surface area contributed by atoms with Gasteiger partial charge in [-0.05, 0) is 47.0 Å². The third-order valence-corrected chi connectivity index (χ3v) is 4.93. The van der Waals surface area contributed by atoms with Gasteiger partial charge >= 0.3 is 0 Å². The zero-order valence-corrected chi connectivity index (χ0v) is 19.7. The second-order valence-corrected chi connectivity index (χ2v) is 6.21. The van der Waals surface area contributed by atoms with E-state index in [2.05, 4.69) is 0 Å². The smallest absolute Gasteiger partial charge is 0.255 e. The van der Waals surface area contributed by atoms with Crippen molar-refractivity contribution in [2.24, 2.45) is 0 Å². The lowest BCUT2D eigenvalue weighted by Crippen LogP contribution is -2.43. The largest absolute Gasteiger partial charge is 0.508 e. The molecule has 0 aliphatic carbocycles. The van der Waals surface area contributed by atoms with E-state index in [9.17, 15) is 15.0 Å². The van der Waals surface area contributed by atoms with Crippen molar-refractivity contribution in [1.29, 1.82) is 0 Å². The number of nitrogens with zero attached hydrogens (tertiary/aromatic N) is 1. The van der Waals surface area contributed by atoms with E-state index in [1.165, 1.54) is 0 Å². The van der Waals surface area contributed by atoms with Gasteiger partial charge in [0, 0.05) is 12.6 Å². The number of benzene rings is 3. The topological polar surface area (TPSA) is 60.8 Å². The molecule has 1 aliphatic heterocycles. The Morgan fingerprint density at radius 1 is 0.645 bits per heavy atom. The van der Waals surface area contributed by atoms with Crippen LogP contribution in [0.1, 0.15) is 68.6 Å². The zero-order valence-electron chi connectivity index (χ0n) is 19.7. The van der Waals surface area contributed by atoms with Crippen molar-refractivity contribution < 1.29 is 15.0 Å². The highest BCUT2D eigenvalue weighted by Crippen LogP contribution is 2.48. The second kappa shape index (κ2) is 11.8. The molecule has 0 atom stereocenters. The summed E-state index contributed by atoms with van der Waals surface area (Å²) < 4.78 is 0. The summed E-state index contributed by atoms with van der Waals surface area (Å²) in [5, 5.41) is 19.4. The first kappa shape index (κ1) is 25.8. The number of phenolic OH excluding ortho intramolecular Hbond substituents is 2. The highest BCUT2D eigenvalue weighted by Gasteiger charge is 2.50. The van der Waals surface area contributed by atoms with Crippen molar-refractivity contribution >= 4 is 5.91 Å². The molecule has 0 unspecified atom stereocenters. The van der Waals surface area contributed by atoms with E-state index >= 15 is 0 Å². The van der Waals surface area contributed by atoms with Crippen LogP contribution in [0.2, 0.25) is 0 Å². The van der Waals surface area contributed by atoms with Gasteiger partial charge in [-0.1, -0.05) is 84.0 Å². The fourth-order valence-electron chi connectivity index (χ4n) is 3.77. The third-order valence-electron chi connectivity index (χ3n) is 4.93. The molecule has 1 aliphatic rings. The summed E-state index contributed by atoms with van der Waals surface area (Å²) in [6, 6.07) is 21.4. The van der Waals surface area contributed by atoms with Crippen LogP contribution >= 0.6 is 0 Å². The van der Waals surface area contributed by atoms with Gasteiger partial charge in [-0.15, -0.1) is 0 Å². The van der Waals surface area contributed by atoms with Crippen LogP contribution in [0, 0.1) is 0 Å². The van der Waals surface area contributed by atoms with Crippen molar-refractivity contribution in [3.8, 4) is 11.5 Å². The minimum atomic E-state index is -0.810. The Morgan fingerprint density at radius 2 is 1.03 bits per heavy atom. The van der Waals surface area contributed by atoms with Crippen molar-refractivity contribution in [3.05, 3.63) is 95.1 Å². The first-order valence-electron chi connectivity index (χ1n) is 11.0. The molecule has 1 heterocycles. The minimum Gasteiger partial charge on any atom is -0.508 e. The average molecular weight is 422 g/mol. The first-order valence-corrected chi connectivity index (χ1v) is 11.0. The number of amides is 1. The standard InChI is InChI=1S/C21H17NO3.3C2H6/c1-22-20(25)18-4-2-3-5-19(18)21(22,14-6-10-16(23)11-7-14)15-8-12-17(24)13-9-15;3*1-2/h2-13,23-24H,1H3;3*1-2H3. The fourth-order valence-corrected chi connectivity index (χ4v) is 3.77. The summed E-state index contributed by atoms with van der Waals surface area (Å²) in [6.45, 7) is 12.0. The molecular weight excluding hydrogens is 386 g/mol. The van der Waals surface area contributed by atoms with E-state index in [1.807, 2.05) is 90.1 Å². The van der Waals surface area contributed by atoms with E-state index in [0.717, 1.165) is 16.7 Å². The number of hydrogen-bond acceptors (Lipinski definition) is 3. The number of fused-ring (bicyclic) bond motifs is 1. The number of aromatic hydroxyl groups is 2. The Balaban J connectivity index is 0.000000739. The first-order chi connectivity index (χ1) is 15.0. The molecular formula is C27H35NO3. The third kappa shape index (κ3) is 4.58. The molecule has 0 fully saturated rings. The number of phenols is 2. The zero-order chi connectivity index (χ0) is 23.6. The van der Waals surface area contributed by atoms with Crippen LogP contribution in [0.15, 0.2) is 72.8 Å². The van der Waals surface area contributed by atoms with Gasteiger partial charge in [0.05, 0.1) is 0 Å². The molecule has 3 aromatic carbocycles. The number of hydrogen-bond donors (Lipinski definition) is 2. The maximum absolute atomic E-state index is 12.9. The van der Waals surface area contributed by atoms with Gasteiger partial charge < -0.3 is 15.1 Å². The fraction of sp³-hybridized carbons (Fsp3) is 0.296. The van der Waals surface area contributed by atoms with E-state index in [4.69, 9.17) is 0 Å². The quantitative estimate of drug-likeness (QED) is 0.493. The Labute approximate surface area is 186 Å². The Bertz CT molecular complexity index is 901. The molecule has 4 heteroatoms. The van der Waals surface area contributed by atoms with Gasteiger partial charge in [-0.25, -0.2) is 0 Å². The second-order valence-electron chi connectivity index (χ2n) is 6.21. The lowest BCUT2D eigenvalue weighted by atomic mass is 9.77. The highest BCUT2D eigenvalue weighted by molar-refractivity contribution is 6.01. The van der Waals surface area contributed by atoms with E-state index in [1.54, 1.807) is 36.2 Å². The molecule has 0 saturated heterocycles. The van der Waals surface area contributed by atoms with Crippen LogP contribution in [0.5, 0.6) is 11.5 Å². The van der Waals surface area contributed by atoms with E-state index < -0.39 is 5.54 Å². The molecule has 0 bridgehead atoms. The number of rotatable bonds is 2. The molecule has 0 spiro atoms. The average Bonchev–Trinajstić information content (AvgIpc) is 3.07. The Kier molecular flexibility index (Phi) is 9.81. The normalized spacial score (nSPS) is 12.9. The van der Waals surface area contributed by atoms with Gasteiger partial charge in [0.1, 0.15) is 17.0 Å². The van der Waals surface area contributed by atoms with Crippen LogP contribution in [-0.4, -0.2) is 28.1 Å². The van der Waals surface area contributed by atoms with Crippen LogP contribution < -0.4 is 0 Å². The van der Waals surface area contributed by atoms with Gasteiger partial charge in [0.2, 0.25) is 0 Å². The molecule has 2 N–H and O–H groups in total.